The lowest BCUT2D eigenvalue weighted by Crippen LogP contribution is -2.53. The Hall–Kier alpha value is -2.60. The normalized spacial score (nSPS) is 20.4. The van der Waals surface area contributed by atoms with Crippen molar-refractivity contribution in [1.29, 1.82) is 0 Å². The molecule has 3 amide bonds. The molecular weight excluding hydrogens is 330 g/mol. The third-order valence-electron chi connectivity index (χ3n) is 5.08. The molecule has 2 heterocycles. The van der Waals surface area contributed by atoms with Gasteiger partial charge in [-0.3, -0.25) is 4.79 Å². The van der Waals surface area contributed by atoms with Crippen LogP contribution in [0.4, 0.5) is 10.5 Å². The van der Waals surface area contributed by atoms with Crippen molar-refractivity contribution in [3.63, 3.8) is 0 Å². The molecule has 2 aliphatic rings. The van der Waals surface area contributed by atoms with Gasteiger partial charge in [0.2, 0.25) is 0 Å². The molecule has 136 valence electrons. The van der Waals surface area contributed by atoms with Crippen molar-refractivity contribution in [3.05, 3.63) is 42.5 Å². The molecule has 6 nitrogen and oxygen atoms in total. The van der Waals surface area contributed by atoms with Gasteiger partial charge in [-0.1, -0.05) is 30.3 Å². The number of rotatable bonds is 2. The summed E-state index contributed by atoms with van der Waals surface area (Å²) in [5, 5.41) is 5.20. The summed E-state index contributed by atoms with van der Waals surface area (Å²) < 4.78 is 5.47. The average molecular weight is 353 g/mol. The van der Waals surface area contributed by atoms with E-state index in [4.69, 9.17) is 4.74 Å². The Kier molecular flexibility index (Phi) is 4.75. The smallest absolute Gasteiger partial charge is 0.321 e. The lowest BCUT2D eigenvalue weighted by Gasteiger charge is -2.35. The first-order chi connectivity index (χ1) is 12.7. The lowest BCUT2D eigenvalue weighted by molar-refractivity contribution is -0.142. The van der Waals surface area contributed by atoms with Crippen molar-refractivity contribution in [2.45, 2.75) is 18.9 Å². The Morgan fingerprint density at radius 2 is 1.69 bits per heavy atom. The molecule has 1 N–H and O–H groups in total. The van der Waals surface area contributed by atoms with E-state index in [1.54, 1.807) is 4.90 Å². The second-order valence-corrected chi connectivity index (χ2v) is 6.81. The van der Waals surface area contributed by atoms with Crippen LogP contribution in [-0.2, 0) is 9.53 Å². The maximum Gasteiger partial charge on any atom is 0.321 e. The zero-order valence-corrected chi connectivity index (χ0v) is 14.7. The number of piperazine rings is 1. The number of amides is 3. The number of ether oxygens (including phenoxy) is 1. The number of nitrogens with one attached hydrogen (secondary N) is 1. The zero-order chi connectivity index (χ0) is 17.9. The van der Waals surface area contributed by atoms with Crippen molar-refractivity contribution in [3.8, 4) is 0 Å². The van der Waals surface area contributed by atoms with Crippen LogP contribution in [0.1, 0.15) is 12.8 Å². The Morgan fingerprint density at radius 1 is 0.962 bits per heavy atom. The van der Waals surface area contributed by atoms with Gasteiger partial charge in [0.05, 0.1) is 0 Å². The van der Waals surface area contributed by atoms with E-state index < -0.39 is 0 Å². The molecule has 0 aromatic heterocycles. The fourth-order valence-corrected chi connectivity index (χ4v) is 3.58. The van der Waals surface area contributed by atoms with Crippen molar-refractivity contribution < 1.29 is 14.3 Å². The molecule has 0 bridgehead atoms. The van der Waals surface area contributed by atoms with E-state index in [0.29, 0.717) is 32.8 Å². The third kappa shape index (κ3) is 3.51. The van der Waals surface area contributed by atoms with Gasteiger partial charge < -0.3 is 19.9 Å². The van der Waals surface area contributed by atoms with E-state index in [0.717, 1.165) is 29.3 Å². The molecule has 2 saturated heterocycles. The molecule has 26 heavy (non-hydrogen) atoms. The zero-order valence-electron chi connectivity index (χ0n) is 14.7. The number of urea groups is 1. The number of carbonyl (C=O) groups excluding carboxylic acids is 2. The summed E-state index contributed by atoms with van der Waals surface area (Å²) in [6.45, 7) is 2.87. The van der Waals surface area contributed by atoms with E-state index in [1.807, 2.05) is 47.4 Å². The standard InChI is InChI=1S/C20H23N3O3/c24-19(18-6-3-13-26-18)22-9-11-23(12-10-22)20(25)21-17-8-7-15-4-1-2-5-16(15)14-17/h1-2,4-5,7-8,14,18H,3,6,9-13H2,(H,21,25). The summed E-state index contributed by atoms with van der Waals surface area (Å²) in [4.78, 5) is 28.5. The molecular formula is C20H23N3O3. The van der Waals surface area contributed by atoms with Gasteiger partial charge in [0.1, 0.15) is 6.10 Å². The van der Waals surface area contributed by atoms with Crippen LogP contribution in [0.5, 0.6) is 0 Å². The molecule has 2 fully saturated rings. The maximum atomic E-state index is 12.5. The highest BCUT2D eigenvalue weighted by Crippen LogP contribution is 2.20. The minimum absolute atomic E-state index is 0.0667. The first-order valence-corrected chi connectivity index (χ1v) is 9.16. The highest BCUT2D eigenvalue weighted by Gasteiger charge is 2.31. The highest BCUT2D eigenvalue weighted by atomic mass is 16.5. The molecule has 1 unspecified atom stereocenters. The predicted octanol–water partition coefficient (Wildman–Crippen LogP) is 2.69. The van der Waals surface area contributed by atoms with E-state index in [9.17, 15) is 9.59 Å². The van der Waals surface area contributed by atoms with Gasteiger partial charge >= 0.3 is 6.03 Å². The number of fused-ring (bicyclic) bond motifs is 1. The second kappa shape index (κ2) is 7.33. The Morgan fingerprint density at radius 3 is 2.42 bits per heavy atom. The summed E-state index contributed by atoms with van der Waals surface area (Å²) in [6, 6.07) is 13.8. The average Bonchev–Trinajstić information content (AvgIpc) is 3.22. The van der Waals surface area contributed by atoms with Gasteiger partial charge in [0.15, 0.2) is 0 Å². The molecule has 0 spiro atoms. The minimum atomic E-state index is -0.284. The fraction of sp³-hybridized carbons (Fsp3) is 0.400. The van der Waals surface area contributed by atoms with Gasteiger partial charge in [0.25, 0.3) is 5.91 Å². The van der Waals surface area contributed by atoms with Gasteiger partial charge in [0, 0.05) is 38.5 Å². The van der Waals surface area contributed by atoms with Crippen molar-refractivity contribution in [2.24, 2.45) is 0 Å². The van der Waals surface area contributed by atoms with E-state index in [1.165, 1.54) is 0 Å². The van der Waals surface area contributed by atoms with Gasteiger partial charge in [-0.15, -0.1) is 0 Å². The fourth-order valence-electron chi connectivity index (χ4n) is 3.58. The summed E-state index contributed by atoms with van der Waals surface area (Å²) in [6.07, 6.45) is 1.47. The van der Waals surface area contributed by atoms with E-state index in [-0.39, 0.29) is 18.0 Å². The van der Waals surface area contributed by atoms with Gasteiger partial charge in [-0.25, -0.2) is 4.79 Å². The molecule has 0 radical (unpaired) electrons. The van der Waals surface area contributed by atoms with E-state index >= 15 is 0 Å². The number of hydrogen-bond donors (Lipinski definition) is 1. The van der Waals surface area contributed by atoms with Crippen LogP contribution in [0.2, 0.25) is 0 Å². The van der Waals surface area contributed by atoms with Crippen molar-refractivity contribution in [1.82, 2.24) is 9.80 Å². The van der Waals surface area contributed by atoms with Crippen LogP contribution in [-0.4, -0.2) is 60.6 Å². The molecule has 2 aliphatic heterocycles. The Labute approximate surface area is 152 Å². The summed E-state index contributed by atoms with van der Waals surface area (Å²) in [5.41, 5.74) is 0.784. The number of benzene rings is 2. The van der Waals surface area contributed by atoms with E-state index in [2.05, 4.69) is 5.32 Å². The SMILES string of the molecule is O=C(Nc1ccc2ccccc2c1)N1CCN(C(=O)C2CCCO2)CC1. The van der Waals surface area contributed by atoms with Crippen LogP contribution in [0.25, 0.3) is 10.8 Å². The topological polar surface area (TPSA) is 61.9 Å². The van der Waals surface area contributed by atoms with Gasteiger partial charge in [-0.05, 0) is 35.7 Å². The van der Waals surface area contributed by atoms with Crippen LogP contribution in [0.3, 0.4) is 0 Å². The Balaban J connectivity index is 1.33. The second-order valence-electron chi connectivity index (χ2n) is 6.81. The largest absolute Gasteiger partial charge is 0.368 e. The summed E-state index contributed by atoms with van der Waals surface area (Å²) in [7, 11) is 0. The highest BCUT2D eigenvalue weighted by molar-refractivity contribution is 5.93. The number of nitrogens with zero attached hydrogens (tertiary/aromatic N) is 2. The first kappa shape index (κ1) is 16.8. The van der Waals surface area contributed by atoms with Gasteiger partial charge in [-0.2, -0.15) is 0 Å². The monoisotopic (exact) mass is 353 g/mol. The quantitative estimate of drug-likeness (QED) is 0.903. The molecule has 1 atom stereocenters. The van der Waals surface area contributed by atoms with Crippen molar-refractivity contribution in [2.75, 3.05) is 38.1 Å². The molecule has 0 aliphatic carbocycles. The summed E-state index contributed by atoms with van der Waals surface area (Å²) >= 11 is 0. The molecule has 2 aromatic rings. The number of carbonyl (C=O) groups is 2. The number of anilines is 1. The molecule has 2 aromatic carbocycles. The molecule has 4 rings (SSSR count). The first-order valence-electron chi connectivity index (χ1n) is 9.16. The molecule has 0 saturated carbocycles. The Bertz CT molecular complexity index is 809. The van der Waals surface area contributed by atoms with Crippen molar-refractivity contribution >= 4 is 28.4 Å². The van der Waals surface area contributed by atoms with Crippen LogP contribution >= 0.6 is 0 Å². The molecule has 6 heteroatoms. The third-order valence-corrected chi connectivity index (χ3v) is 5.08. The maximum absolute atomic E-state index is 12.5. The van der Waals surface area contributed by atoms with Crippen LogP contribution in [0.15, 0.2) is 42.5 Å². The van der Waals surface area contributed by atoms with Crippen LogP contribution < -0.4 is 5.32 Å². The lowest BCUT2D eigenvalue weighted by atomic mass is 10.1. The minimum Gasteiger partial charge on any atom is -0.368 e. The van der Waals surface area contributed by atoms with Crippen LogP contribution in [0, 0.1) is 0 Å². The predicted molar refractivity (Wildman–Crippen MR) is 100 cm³/mol. The number of hydrogen-bond acceptors (Lipinski definition) is 3. The summed E-state index contributed by atoms with van der Waals surface area (Å²) in [5.74, 6) is 0.0667.